The van der Waals surface area contributed by atoms with E-state index in [2.05, 4.69) is 14.2 Å². The van der Waals surface area contributed by atoms with Crippen molar-refractivity contribution in [3.8, 4) is 0 Å². The number of hydrogen-bond donors (Lipinski definition) is 1. The first-order chi connectivity index (χ1) is 9.70. The lowest BCUT2D eigenvalue weighted by Crippen LogP contribution is -2.50. The molecule has 2 fully saturated rings. The third kappa shape index (κ3) is 2.35. The fourth-order valence-corrected chi connectivity index (χ4v) is 3.92. The van der Waals surface area contributed by atoms with Crippen molar-refractivity contribution in [3.63, 3.8) is 0 Å². The number of carbonyl (C=O) groups is 1. The second kappa shape index (κ2) is 5.57. The Kier molecular flexibility index (Phi) is 3.80. The van der Waals surface area contributed by atoms with Crippen molar-refractivity contribution in [2.75, 3.05) is 43.4 Å². The van der Waals surface area contributed by atoms with Gasteiger partial charge in [-0.25, -0.2) is 4.79 Å². The minimum atomic E-state index is -0.359. The Bertz CT molecular complexity index is 505. The maximum Gasteiger partial charge on any atom is 0.345 e. The van der Waals surface area contributed by atoms with Gasteiger partial charge < -0.3 is 15.4 Å². The quantitative estimate of drug-likeness (QED) is 0.845. The van der Waals surface area contributed by atoms with Crippen LogP contribution in [-0.2, 0) is 4.74 Å². The average Bonchev–Trinajstić information content (AvgIpc) is 3.04. The lowest BCUT2D eigenvalue weighted by molar-refractivity contribution is 0.0528. The Morgan fingerprint density at radius 2 is 2.35 bits per heavy atom. The van der Waals surface area contributed by atoms with Crippen molar-refractivity contribution in [2.24, 2.45) is 0 Å². The standard InChI is InChI=1S/C13H20N4O2S/c1-2-19-13(18)10-11(14)15-20-12(10)17-7-6-16-5-3-4-9(16)8-17/h9H,2-8H2,1H3,(H2,14,15). The zero-order valence-electron chi connectivity index (χ0n) is 11.7. The van der Waals surface area contributed by atoms with Gasteiger partial charge in [0.2, 0.25) is 0 Å². The molecule has 3 heterocycles. The molecule has 0 aromatic carbocycles. The van der Waals surface area contributed by atoms with Gasteiger partial charge in [-0.1, -0.05) is 0 Å². The van der Waals surface area contributed by atoms with Gasteiger partial charge in [0.25, 0.3) is 0 Å². The highest BCUT2D eigenvalue weighted by Crippen LogP contribution is 2.34. The molecule has 1 atom stereocenters. The number of piperazine rings is 1. The number of fused-ring (bicyclic) bond motifs is 1. The molecule has 0 bridgehead atoms. The predicted molar refractivity (Wildman–Crippen MR) is 79.3 cm³/mol. The first-order valence-electron chi connectivity index (χ1n) is 7.12. The van der Waals surface area contributed by atoms with Gasteiger partial charge >= 0.3 is 5.97 Å². The molecule has 110 valence electrons. The summed E-state index contributed by atoms with van der Waals surface area (Å²) in [6.07, 6.45) is 2.51. The summed E-state index contributed by atoms with van der Waals surface area (Å²) in [5.74, 6) is -0.0695. The van der Waals surface area contributed by atoms with E-state index in [4.69, 9.17) is 10.5 Å². The summed E-state index contributed by atoms with van der Waals surface area (Å²) < 4.78 is 9.24. The van der Waals surface area contributed by atoms with Crippen molar-refractivity contribution >= 4 is 28.3 Å². The van der Waals surface area contributed by atoms with E-state index in [-0.39, 0.29) is 11.8 Å². The van der Waals surface area contributed by atoms with E-state index >= 15 is 0 Å². The van der Waals surface area contributed by atoms with Gasteiger partial charge in [-0.2, -0.15) is 4.37 Å². The average molecular weight is 296 g/mol. The molecular weight excluding hydrogens is 276 g/mol. The molecule has 20 heavy (non-hydrogen) atoms. The molecule has 1 aromatic heterocycles. The molecule has 7 heteroatoms. The Morgan fingerprint density at radius 3 is 3.15 bits per heavy atom. The van der Waals surface area contributed by atoms with Crippen molar-refractivity contribution in [2.45, 2.75) is 25.8 Å². The van der Waals surface area contributed by atoms with Gasteiger partial charge in [0, 0.05) is 25.7 Å². The van der Waals surface area contributed by atoms with Gasteiger partial charge in [0.1, 0.15) is 10.6 Å². The van der Waals surface area contributed by atoms with Crippen molar-refractivity contribution in [3.05, 3.63) is 5.56 Å². The van der Waals surface area contributed by atoms with Gasteiger partial charge in [-0.05, 0) is 37.8 Å². The molecule has 1 unspecified atom stereocenters. The fraction of sp³-hybridized carbons (Fsp3) is 0.692. The molecule has 2 aliphatic heterocycles. The molecule has 3 rings (SSSR count). The van der Waals surface area contributed by atoms with Crippen LogP contribution in [0.25, 0.3) is 0 Å². The highest BCUT2D eigenvalue weighted by Gasteiger charge is 2.33. The number of nitrogen functional groups attached to an aromatic ring is 1. The molecular formula is C13H20N4O2S. The molecule has 6 nitrogen and oxygen atoms in total. The van der Waals surface area contributed by atoms with Gasteiger partial charge in [0.15, 0.2) is 5.82 Å². The molecule has 0 radical (unpaired) electrons. The Labute approximate surface area is 122 Å². The summed E-state index contributed by atoms with van der Waals surface area (Å²) in [4.78, 5) is 16.8. The first kappa shape index (κ1) is 13.6. The minimum absolute atomic E-state index is 0.289. The Hall–Kier alpha value is -1.34. The van der Waals surface area contributed by atoms with Crippen LogP contribution in [-0.4, -0.2) is 54.1 Å². The van der Waals surface area contributed by atoms with Gasteiger partial charge in [0.05, 0.1) is 6.61 Å². The van der Waals surface area contributed by atoms with E-state index in [1.807, 2.05) is 0 Å². The van der Waals surface area contributed by atoms with Crippen LogP contribution in [0.2, 0.25) is 0 Å². The number of ether oxygens (including phenoxy) is 1. The number of aromatic nitrogens is 1. The van der Waals surface area contributed by atoms with E-state index in [0.717, 1.165) is 24.6 Å². The van der Waals surface area contributed by atoms with Crippen LogP contribution in [0.4, 0.5) is 10.8 Å². The van der Waals surface area contributed by atoms with Crippen molar-refractivity contribution < 1.29 is 9.53 Å². The molecule has 0 amide bonds. The van der Waals surface area contributed by atoms with Crippen LogP contribution in [0.1, 0.15) is 30.1 Å². The van der Waals surface area contributed by atoms with E-state index in [1.54, 1.807) is 6.92 Å². The molecule has 2 N–H and O–H groups in total. The van der Waals surface area contributed by atoms with Crippen LogP contribution in [0, 0.1) is 0 Å². The zero-order chi connectivity index (χ0) is 14.1. The second-order valence-corrected chi connectivity index (χ2v) is 6.00. The topological polar surface area (TPSA) is 71.7 Å². The molecule has 2 saturated heterocycles. The third-order valence-electron chi connectivity index (χ3n) is 4.05. The number of anilines is 2. The normalized spacial score (nSPS) is 22.9. The van der Waals surface area contributed by atoms with Crippen LogP contribution in [0.15, 0.2) is 0 Å². The van der Waals surface area contributed by atoms with E-state index < -0.39 is 0 Å². The number of carbonyl (C=O) groups excluding carboxylic acids is 1. The maximum absolute atomic E-state index is 12.0. The first-order valence-corrected chi connectivity index (χ1v) is 7.89. The number of nitrogens with two attached hydrogens (primary N) is 1. The molecule has 1 aromatic rings. The fourth-order valence-electron chi connectivity index (χ4n) is 3.08. The second-order valence-electron chi connectivity index (χ2n) is 5.25. The molecule has 0 aliphatic carbocycles. The van der Waals surface area contributed by atoms with Gasteiger partial charge in [-0.15, -0.1) is 0 Å². The third-order valence-corrected chi connectivity index (χ3v) is 4.98. The van der Waals surface area contributed by atoms with Crippen molar-refractivity contribution in [1.29, 1.82) is 0 Å². The molecule has 2 aliphatic rings. The van der Waals surface area contributed by atoms with Crippen molar-refractivity contribution in [1.82, 2.24) is 9.27 Å². The monoisotopic (exact) mass is 296 g/mol. The summed E-state index contributed by atoms with van der Waals surface area (Å²) in [5, 5.41) is 0.868. The largest absolute Gasteiger partial charge is 0.462 e. The number of esters is 1. The van der Waals surface area contributed by atoms with E-state index in [1.165, 1.54) is 30.9 Å². The van der Waals surface area contributed by atoms with Crippen LogP contribution >= 0.6 is 11.5 Å². The maximum atomic E-state index is 12.0. The predicted octanol–water partition coefficient (Wildman–Crippen LogP) is 1.19. The van der Waals surface area contributed by atoms with E-state index in [9.17, 15) is 4.79 Å². The molecule has 0 saturated carbocycles. The van der Waals surface area contributed by atoms with Crippen LogP contribution in [0.3, 0.4) is 0 Å². The number of hydrogen-bond acceptors (Lipinski definition) is 7. The Morgan fingerprint density at radius 1 is 1.50 bits per heavy atom. The van der Waals surface area contributed by atoms with Gasteiger partial charge in [-0.3, -0.25) is 4.90 Å². The summed E-state index contributed by atoms with van der Waals surface area (Å²) in [5.41, 5.74) is 6.29. The summed E-state index contributed by atoms with van der Waals surface area (Å²) in [6, 6.07) is 0.599. The minimum Gasteiger partial charge on any atom is -0.462 e. The number of nitrogens with zero attached hydrogens (tertiary/aromatic N) is 3. The molecule has 0 spiro atoms. The summed E-state index contributed by atoms with van der Waals surface area (Å²) in [6.45, 7) is 6.27. The smallest absolute Gasteiger partial charge is 0.345 e. The lowest BCUT2D eigenvalue weighted by atomic mass is 10.1. The number of rotatable bonds is 3. The highest BCUT2D eigenvalue weighted by molar-refractivity contribution is 7.11. The highest BCUT2D eigenvalue weighted by atomic mass is 32.1. The Balaban J connectivity index is 1.81. The summed E-state index contributed by atoms with van der Waals surface area (Å²) >= 11 is 1.30. The summed E-state index contributed by atoms with van der Waals surface area (Å²) in [7, 11) is 0. The SMILES string of the molecule is CCOC(=O)c1c(N)nsc1N1CCN2CCCC2C1. The zero-order valence-corrected chi connectivity index (χ0v) is 12.5. The van der Waals surface area contributed by atoms with Crippen LogP contribution in [0.5, 0.6) is 0 Å². The van der Waals surface area contributed by atoms with Crippen LogP contribution < -0.4 is 10.6 Å². The lowest BCUT2D eigenvalue weighted by Gasteiger charge is -2.38. The van der Waals surface area contributed by atoms with E-state index in [0.29, 0.717) is 18.2 Å².